The van der Waals surface area contributed by atoms with Gasteiger partial charge < -0.3 is 9.47 Å². The monoisotopic (exact) mass is 166 g/mol. The summed E-state index contributed by atoms with van der Waals surface area (Å²) in [7, 11) is 0. The van der Waals surface area contributed by atoms with Crippen LogP contribution in [0.4, 0.5) is 0 Å². The standard InChI is InChI=1S/C9H10O3/c1-7(2)9(10)12-8-5-3-4-6-11-8/h3-6,8H,1H2,2H3. The van der Waals surface area contributed by atoms with Gasteiger partial charge in [-0.3, -0.25) is 0 Å². The van der Waals surface area contributed by atoms with E-state index in [9.17, 15) is 4.79 Å². The maximum Gasteiger partial charge on any atom is 0.336 e. The van der Waals surface area contributed by atoms with E-state index >= 15 is 0 Å². The molecule has 0 aromatic carbocycles. The molecule has 0 saturated carbocycles. The molecular weight excluding hydrogens is 156 g/mol. The largest absolute Gasteiger partial charge is 0.459 e. The molecular formula is C9H10O3. The van der Waals surface area contributed by atoms with Crippen LogP contribution < -0.4 is 0 Å². The Kier molecular flexibility index (Phi) is 2.69. The van der Waals surface area contributed by atoms with Crippen molar-refractivity contribution in [2.45, 2.75) is 13.2 Å². The number of rotatable bonds is 2. The van der Waals surface area contributed by atoms with Crippen molar-refractivity contribution in [3.63, 3.8) is 0 Å². The number of ether oxygens (including phenoxy) is 2. The van der Waals surface area contributed by atoms with E-state index in [0.29, 0.717) is 5.57 Å². The highest BCUT2D eigenvalue weighted by Gasteiger charge is 2.12. The molecule has 12 heavy (non-hydrogen) atoms. The summed E-state index contributed by atoms with van der Waals surface area (Å²) in [5.41, 5.74) is 0.363. The second-order valence-electron chi connectivity index (χ2n) is 2.40. The van der Waals surface area contributed by atoms with Crippen molar-refractivity contribution in [2.75, 3.05) is 0 Å². The third kappa shape index (κ3) is 2.27. The molecule has 0 fully saturated rings. The Labute approximate surface area is 71.0 Å². The lowest BCUT2D eigenvalue weighted by Crippen LogP contribution is -2.18. The zero-order valence-corrected chi connectivity index (χ0v) is 6.82. The first kappa shape index (κ1) is 8.59. The SMILES string of the molecule is C=C(C)C(=O)OC1C=CC=CO1. The van der Waals surface area contributed by atoms with Crippen LogP contribution in [0.3, 0.4) is 0 Å². The molecule has 1 heterocycles. The summed E-state index contributed by atoms with van der Waals surface area (Å²) < 4.78 is 9.80. The topological polar surface area (TPSA) is 35.5 Å². The van der Waals surface area contributed by atoms with Crippen molar-refractivity contribution in [1.82, 2.24) is 0 Å². The first-order chi connectivity index (χ1) is 5.70. The highest BCUT2D eigenvalue weighted by molar-refractivity contribution is 5.87. The molecule has 0 N–H and O–H groups in total. The second kappa shape index (κ2) is 3.76. The first-order valence-corrected chi connectivity index (χ1v) is 3.55. The molecule has 0 spiro atoms. The molecule has 1 aliphatic rings. The van der Waals surface area contributed by atoms with Gasteiger partial charge in [0.15, 0.2) is 0 Å². The van der Waals surface area contributed by atoms with E-state index in [-0.39, 0.29) is 0 Å². The van der Waals surface area contributed by atoms with Crippen LogP contribution in [0.1, 0.15) is 6.92 Å². The minimum absolute atomic E-state index is 0.363. The van der Waals surface area contributed by atoms with Crippen LogP contribution in [-0.4, -0.2) is 12.3 Å². The van der Waals surface area contributed by atoms with Crippen LogP contribution >= 0.6 is 0 Å². The minimum Gasteiger partial charge on any atom is -0.459 e. The molecule has 0 bridgehead atoms. The number of carbonyl (C=O) groups is 1. The van der Waals surface area contributed by atoms with Crippen LogP contribution in [0.2, 0.25) is 0 Å². The fraction of sp³-hybridized carbons (Fsp3) is 0.222. The normalized spacial score (nSPS) is 19.9. The molecule has 1 rings (SSSR count). The van der Waals surface area contributed by atoms with Gasteiger partial charge in [0.05, 0.1) is 6.26 Å². The molecule has 1 aliphatic heterocycles. The number of esters is 1. The van der Waals surface area contributed by atoms with Gasteiger partial charge in [0.25, 0.3) is 6.29 Å². The van der Waals surface area contributed by atoms with Gasteiger partial charge in [-0.15, -0.1) is 0 Å². The average molecular weight is 166 g/mol. The fourth-order valence-electron chi connectivity index (χ4n) is 0.642. The summed E-state index contributed by atoms with van der Waals surface area (Å²) in [6.07, 6.45) is 5.96. The van der Waals surface area contributed by atoms with Crippen LogP contribution in [0.5, 0.6) is 0 Å². The molecule has 0 saturated heterocycles. The van der Waals surface area contributed by atoms with Gasteiger partial charge in [-0.05, 0) is 19.1 Å². The molecule has 0 radical (unpaired) electrons. The Balaban J connectivity index is 2.42. The highest BCUT2D eigenvalue weighted by Crippen LogP contribution is 2.06. The van der Waals surface area contributed by atoms with E-state index in [2.05, 4.69) is 6.58 Å². The predicted octanol–water partition coefficient (Wildman–Crippen LogP) is 1.53. The molecule has 0 aromatic rings. The van der Waals surface area contributed by atoms with Crippen molar-refractivity contribution >= 4 is 5.97 Å². The summed E-state index contributed by atoms with van der Waals surface area (Å²) in [4.78, 5) is 11.0. The summed E-state index contributed by atoms with van der Waals surface area (Å²) in [5, 5.41) is 0. The Morgan fingerprint density at radius 2 is 2.33 bits per heavy atom. The number of carbonyl (C=O) groups excluding carboxylic acids is 1. The van der Waals surface area contributed by atoms with Crippen LogP contribution in [0.25, 0.3) is 0 Å². The lowest BCUT2D eigenvalue weighted by atomic mass is 10.3. The summed E-state index contributed by atoms with van der Waals surface area (Å²) in [6, 6.07) is 0. The molecule has 3 nitrogen and oxygen atoms in total. The van der Waals surface area contributed by atoms with E-state index in [1.54, 1.807) is 25.2 Å². The zero-order chi connectivity index (χ0) is 8.97. The average Bonchev–Trinajstić information content (AvgIpc) is 2.06. The predicted molar refractivity (Wildman–Crippen MR) is 44.1 cm³/mol. The van der Waals surface area contributed by atoms with Gasteiger partial charge in [0.2, 0.25) is 0 Å². The van der Waals surface area contributed by atoms with Gasteiger partial charge in [-0.25, -0.2) is 4.79 Å². The quantitative estimate of drug-likeness (QED) is 0.461. The molecule has 0 aromatic heterocycles. The Bertz CT molecular complexity index is 250. The molecule has 64 valence electrons. The summed E-state index contributed by atoms with van der Waals surface area (Å²) in [6.45, 7) is 5.04. The maximum absolute atomic E-state index is 11.0. The van der Waals surface area contributed by atoms with Gasteiger partial charge in [0, 0.05) is 5.57 Å². The van der Waals surface area contributed by atoms with E-state index in [0.717, 1.165) is 0 Å². The van der Waals surface area contributed by atoms with E-state index in [4.69, 9.17) is 9.47 Å². The highest BCUT2D eigenvalue weighted by atomic mass is 16.7. The number of hydrogen-bond donors (Lipinski definition) is 0. The van der Waals surface area contributed by atoms with Crippen molar-refractivity contribution in [3.8, 4) is 0 Å². The number of hydrogen-bond acceptors (Lipinski definition) is 3. The van der Waals surface area contributed by atoms with Crippen molar-refractivity contribution < 1.29 is 14.3 Å². The van der Waals surface area contributed by atoms with Gasteiger partial charge in [0.1, 0.15) is 0 Å². The molecule has 3 heteroatoms. The van der Waals surface area contributed by atoms with E-state index < -0.39 is 12.3 Å². The summed E-state index contributed by atoms with van der Waals surface area (Å²) in [5.74, 6) is -0.444. The molecule has 0 aliphatic carbocycles. The second-order valence-corrected chi connectivity index (χ2v) is 2.40. The van der Waals surface area contributed by atoms with Gasteiger partial charge >= 0.3 is 5.97 Å². The van der Waals surface area contributed by atoms with Gasteiger partial charge in [-0.2, -0.15) is 0 Å². The fourth-order valence-corrected chi connectivity index (χ4v) is 0.642. The van der Waals surface area contributed by atoms with Crippen molar-refractivity contribution in [3.05, 3.63) is 36.6 Å². The third-order valence-electron chi connectivity index (χ3n) is 1.24. The minimum atomic E-state index is -0.612. The Hall–Kier alpha value is -1.51. The summed E-state index contributed by atoms with van der Waals surface area (Å²) >= 11 is 0. The third-order valence-corrected chi connectivity index (χ3v) is 1.24. The maximum atomic E-state index is 11.0. The van der Waals surface area contributed by atoms with Crippen LogP contribution in [-0.2, 0) is 14.3 Å². The smallest absolute Gasteiger partial charge is 0.336 e. The molecule has 1 atom stereocenters. The molecule has 0 amide bonds. The molecule has 1 unspecified atom stereocenters. The Morgan fingerprint density at radius 3 is 2.83 bits per heavy atom. The first-order valence-electron chi connectivity index (χ1n) is 3.55. The van der Waals surface area contributed by atoms with Crippen molar-refractivity contribution in [2.24, 2.45) is 0 Å². The van der Waals surface area contributed by atoms with Crippen LogP contribution in [0, 0.1) is 0 Å². The van der Waals surface area contributed by atoms with E-state index in [1.165, 1.54) is 6.26 Å². The zero-order valence-electron chi connectivity index (χ0n) is 6.82. The van der Waals surface area contributed by atoms with Gasteiger partial charge in [-0.1, -0.05) is 12.7 Å². The lowest BCUT2D eigenvalue weighted by molar-refractivity contribution is -0.156. The number of allylic oxidation sites excluding steroid dienone is 2. The Morgan fingerprint density at radius 1 is 1.58 bits per heavy atom. The van der Waals surface area contributed by atoms with E-state index in [1.807, 2.05) is 0 Å². The van der Waals surface area contributed by atoms with Crippen molar-refractivity contribution in [1.29, 1.82) is 0 Å². The van der Waals surface area contributed by atoms with Crippen LogP contribution in [0.15, 0.2) is 36.6 Å². The lowest BCUT2D eigenvalue weighted by Gasteiger charge is -2.14.